The van der Waals surface area contributed by atoms with Crippen LogP contribution in [0.4, 0.5) is 11.5 Å². The molecule has 8 nitrogen and oxygen atoms in total. The number of anilines is 1. The number of methoxy groups -OCH3 is 1. The summed E-state index contributed by atoms with van der Waals surface area (Å²) in [5.41, 5.74) is 3.21. The Bertz CT molecular complexity index is 1240. The van der Waals surface area contributed by atoms with Crippen LogP contribution in [-0.2, 0) is 16.0 Å². The second-order valence-corrected chi connectivity index (χ2v) is 8.95. The van der Waals surface area contributed by atoms with Crippen molar-refractivity contribution in [1.82, 2.24) is 4.98 Å². The Morgan fingerprint density at radius 1 is 1.17 bits per heavy atom. The highest BCUT2D eigenvalue weighted by Gasteiger charge is 2.26. The number of carbonyl (C=O) groups is 2. The van der Waals surface area contributed by atoms with Gasteiger partial charge in [0.15, 0.2) is 0 Å². The maximum atomic E-state index is 13.1. The van der Waals surface area contributed by atoms with Gasteiger partial charge in [0.1, 0.15) is 0 Å². The van der Waals surface area contributed by atoms with Gasteiger partial charge in [-0.2, -0.15) is 0 Å². The number of esters is 1. The third-order valence-corrected chi connectivity index (χ3v) is 6.56. The van der Waals surface area contributed by atoms with Crippen LogP contribution < -0.4 is 5.32 Å². The van der Waals surface area contributed by atoms with Crippen molar-refractivity contribution in [1.29, 1.82) is 0 Å². The largest absolute Gasteiger partial charge is 0.465 e. The van der Waals surface area contributed by atoms with E-state index in [1.807, 2.05) is 43.3 Å². The molecule has 0 aliphatic rings. The summed E-state index contributed by atoms with van der Waals surface area (Å²) in [6, 6.07) is 14.9. The Morgan fingerprint density at radius 3 is 2.49 bits per heavy atom. The number of pyridine rings is 1. The van der Waals surface area contributed by atoms with E-state index in [2.05, 4.69) is 26.2 Å². The molecule has 1 unspecified atom stereocenters. The fraction of sp³-hybridized carbons (Fsp3) is 0.269. The summed E-state index contributed by atoms with van der Waals surface area (Å²) in [5.74, 6) is -1.17. The predicted octanol–water partition coefficient (Wildman–Crippen LogP) is 6.11. The van der Waals surface area contributed by atoms with E-state index >= 15 is 0 Å². The Kier molecular flexibility index (Phi) is 8.70. The third-order valence-electron chi connectivity index (χ3n) is 5.76. The van der Waals surface area contributed by atoms with Gasteiger partial charge >= 0.3 is 11.7 Å². The molecule has 182 valence electrons. The second kappa shape index (κ2) is 11.7. The van der Waals surface area contributed by atoms with Gasteiger partial charge in [0.25, 0.3) is 0 Å². The Hall–Kier alpha value is -3.59. The van der Waals surface area contributed by atoms with E-state index in [1.54, 1.807) is 19.1 Å². The standard InChI is InChI=1S/C26H26BrN3O5/c1-4-7-19(25(31)29-24-23(30(33)34)16(2)22(27)15-28-24)14-17-10-12-18(13-11-17)20-8-5-6-9-21(20)26(32)35-3/h5-6,8-13,15,19H,4,7,14H2,1-3H3,(H,28,29,31). The van der Waals surface area contributed by atoms with Gasteiger partial charge in [-0.1, -0.05) is 55.8 Å². The summed E-state index contributed by atoms with van der Waals surface area (Å²) >= 11 is 3.25. The molecule has 0 fully saturated rings. The molecule has 1 atom stereocenters. The topological polar surface area (TPSA) is 111 Å². The van der Waals surface area contributed by atoms with Crippen molar-refractivity contribution in [3.8, 4) is 11.1 Å². The second-order valence-electron chi connectivity index (χ2n) is 8.10. The highest BCUT2D eigenvalue weighted by molar-refractivity contribution is 9.10. The lowest BCUT2D eigenvalue weighted by Gasteiger charge is -2.17. The van der Waals surface area contributed by atoms with Crippen molar-refractivity contribution in [2.24, 2.45) is 5.92 Å². The van der Waals surface area contributed by atoms with Crippen molar-refractivity contribution >= 4 is 39.3 Å². The number of nitro groups is 1. The van der Waals surface area contributed by atoms with Gasteiger partial charge in [0.2, 0.25) is 11.7 Å². The molecule has 0 spiro atoms. The van der Waals surface area contributed by atoms with Crippen LogP contribution in [0.1, 0.15) is 41.3 Å². The molecule has 1 amide bonds. The Balaban J connectivity index is 1.81. The third kappa shape index (κ3) is 6.10. The van der Waals surface area contributed by atoms with Gasteiger partial charge in [-0.3, -0.25) is 14.9 Å². The number of aromatic nitrogens is 1. The number of halogens is 1. The number of carbonyl (C=O) groups excluding carboxylic acids is 2. The molecule has 9 heteroatoms. The highest BCUT2D eigenvalue weighted by atomic mass is 79.9. The summed E-state index contributed by atoms with van der Waals surface area (Å²) in [5, 5.41) is 14.2. The summed E-state index contributed by atoms with van der Waals surface area (Å²) in [6.45, 7) is 3.58. The quantitative estimate of drug-likeness (QED) is 0.199. The summed E-state index contributed by atoms with van der Waals surface area (Å²) in [7, 11) is 1.35. The molecule has 0 radical (unpaired) electrons. The zero-order valence-electron chi connectivity index (χ0n) is 19.7. The van der Waals surface area contributed by atoms with Gasteiger partial charge in [-0.25, -0.2) is 9.78 Å². The van der Waals surface area contributed by atoms with E-state index < -0.39 is 16.8 Å². The van der Waals surface area contributed by atoms with E-state index in [9.17, 15) is 19.7 Å². The molecule has 3 aromatic rings. The average Bonchev–Trinajstić information content (AvgIpc) is 2.85. The number of amides is 1. The van der Waals surface area contributed by atoms with E-state index in [1.165, 1.54) is 13.3 Å². The van der Waals surface area contributed by atoms with Crippen molar-refractivity contribution in [2.45, 2.75) is 33.1 Å². The van der Waals surface area contributed by atoms with Crippen LogP contribution in [0.3, 0.4) is 0 Å². The van der Waals surface area contributed by atoms with Crippen LogP contribution in [0.15, 0.2) is 59.2 Å². The first-order valence-corrected chi connectivity index (χ1v) is 11.9. The van der Waals surface area contributed by atoms with E-state index in [0.29, 0.717) is 28.4 Å². The van der Waals surface area contributed by atoms with E-state index in [-0.39, 0.29) is 17.4 Å². The number of nitrogens with one attached hydrogen (secondary N) is 1. The molecule has 0 saturated carbocycles. The number of rotatable bonds is 9. The van der Waals surface area contributed by atoms with Crippen molar-refractivity contribution in [2.75, 3.05) is 12.4 Å². The van der Waals surface area contributed by atoms with Crippen molar-refractivity contribution < 1.29 is 19.2 Å². The monoisotopic (exact) mass is 539 g/mol. The van der Waals surface area contributed by atoms with Gasteiger partial charge in [-0.15, -0.1) is 0 Å². The minimum Gasteiger partial charge on any atom is -0.465 e. The van der Waals surface area contributed by atoms with E-state index in [4.69, 9.17) is 4.74 Å². The number of hydrogen-bond donors (Lipinski definition) is 1. The Labute approximate surface area is 212 Å². The van der Waals surface area contributed by atoms with Crippen molar-refractivity contribution in [3.05, 3.63) is 86.0 Å². The van der Waals surface area contributed by atoms with Crippen LogP contribution in [0.5, 0.6) is 0 Å². The number of nitrogens with zero attached hydrogens (tertiary/aromatic N) is 2. The molecule has 1 N–H and O–H groups in total. The van der Waals surface area contributed by atoms with Gasteiger partial charge in [0.05, 0.1) is 17.6 Å². The summed E-state index contributed by atoms with van der Waals surface area (Å²) in [6.07, 6.45) is 3.29. The summed E-state index contributed by atoms with van der Waals surface area (Å²) in [4.78, 5) is 40.3. The Morgan fingerprint density at radius 2 is 1.86 bits per heavy atom. The van der Waals surface area contributed by atoms with Crippen LogP contribution in [-0.4, -0.2) is 28.9 Å². The van der Waals surface area contributed by atoms with Crippen LogP contribution in [0.2, 0.25) is 0 Å². The molecule has 1 heterocycles. The maximum Gasteiger partial charge on any atom is 0.338 e. The normalized spacial score (nSPS) is 11.5. The maximum absolute atomic E-state index is 13.1. The highest BCUT2D eigenvalue weighted by Crippen LogP contribution is 2.32. The smallest absolute Gasteiger partial charge is 0.338 e. The predicted molar refractivity (Wildman–Crippen MR) is 137 cm³/mol. The zero-order chi connectivity index (χ0) is 25.5. The molecule has 1 aromatic heterocycles. The molecule has 0 aliphatic heterocycles. The summed E-state index contributed by atoms with van der Waals surface area (Å²) < 4.78 is 5.38. The lowest BCUT2D eigenvalue weighted by molar-refractivity contribution is -0.384. The van der Waals surface area contributed by atoms with E-state index in [0.717, 1.165) is 23.1 Å². The average molecular weight is 540 g/mol. The van der Waals surface area contributed by atoms with Crippen LogP contribution in [0.25, 0.3) is 11.1 Å². The van der Waals surface area contributed by atoms with Crippen LogP contribution >= 0.6 is 15.9 Å². The molecule has 0 saturated heterocycles. The van der Waals surface area contributed by atoms with Crippen LogP contribution in [0, 0.1) is 23.0 Å². The molecule has 3 rings (SSSR count). The fourth-order valence-electron chi connectivity index (χ4n) is 3.91. The van der Waals surface area contributed by atoms with Gasteiger partial charge in [-0.05, 0) is 58.5 Å². The lowest BCUT2D eigenvalue weighted by Crippen LogP contribution is -2.25. The first-order chi connectivity index (χ1) is 16.8. The molecule has 0 aliphatic carbocycles. The lowest BCUT2D eigenvalue weighted by atomic mass is 9.92. The molecule has 35 heavy (non-hydrogen) atoms. The minimum absolute atomic E-state index is 0.0587. The SMILES string of the molecule is CCCC(Cc1ccc(-c2ccccc2C(=O)OC)cc1)C(=O)Nc1ncc(Br)c(C)c1[N+](=O)[O-]. The number of benzene rings is 2. The zero-order valence-corrected chi connectivity index (χ0v) is 21.3. The first-order valence-electron chi connectivity index (χ1n) is 11.1. The molecular weight excluding hydrogens is 514 g/mol. The molecule has 2 aromatic carbocycles. The van der Waals surface area contributed by atoms with Gasteiger partial charge in [0, 0.05) is 22.2 Å². The fourth-order valence-corrected chi connectivity index (χ4v) is 4.20. The number of ether oxygens (including phenoxy) is 1. The molecule has 0 bridgehead atoms. The number of hydrogen-bond acceptors (Lipinski definition) is 6. The minimum atomic E-state index is -0.539. The van der Waals surface area contributed by atoms with Crippen molar-refractivity contribution in [3.63, 3.8) is 0 Å². The first kappa shape index (κ1) is 26.0. The molecular formula is C26H26BrN3O5. The van der Waals surface area contributed by atoms with Gasteiger partial charge < -0.3 is 10.1 Å².